The van der Waals surface area contributed by atoms with E-state index in [0.29, 0.717) is 6.42 Å². The lowest BCUT2D eigenvalue weighted by Crippen LogP contribution is -2.50. The average molecular weight is 321 g/mol. The van der Waals surface area contributed by atoms with Gasteiger partial charge in [-0.15, -0.1) is 11.8 Å². The molecule has 2 N–H and O–H groups in total. The zero-order valence-corrected chi connectivity index (χ0v) is 13.6. The van der Waals surface area contributed by atoms with Gasteiger partial charge in [0.25, 0.3) is 11.8 Å². The molecular weight excluding hydrogens is 302 g/mol. The van der Waals surface area contributed by atoms with E-state index in [1.807, 2.05) is 30.3 Å². The van der Waals surface area contributed by atoms with Crippen molar-refractivity contribution in [1.82, 2.24) is 15.8 Å². The number of amides is 4. The van der Waals surface area contributed by atoms with Gasteiger partial charge in [-0.05, 0) is 32.4 Å². The van der Waals surface area contributed by atoms with Crippen molar-refractivity contribution in [2.45, 2.75) is 42.9 Å². The van der Waals surface area contributed by atoms with Crippen LogP contribution in [0, 0.1) is 0 Å². The normalized spacial score (nSPS) is 22.4. The lowest BCUT2D eigenvalue weighted by atomic mass is 10.00. The van der Waals surface area contributed by atoms with Crippen molar-refractivity contribution in [2.75, 3.05) is 0 Å². The number of carbonyl (C=O) groups is 3. The Morgan fingerprint density at radius 3 is 2.55 bits per heavy atom. The fraction of sp³-hybridized carbons (Fsp3) is 0.400. The fourth-order valence-corrected chi connectivity index (χ4v) is 2.87. The number of benzene rings is 1. The van der Waals surface area contributed by atoms with E-state index >= 15 is 0 Å². The van der Waals surface area contributed by atoms with E-state index in [4.69, 9.17) is 0 Å². The highest BCUT2D eigenvalue weighted by molar-refractivity contribution is 8.00. The molecule has 1 aliphatic heterocycles. The maximum absolute atomic E-state index is 12.2. The van der Waals surface area contributed by atoms with Crippen LogP contribution in [0.2, 0.25) is 0 Å². The molecule has 2 atom stereocenters. The van der Waals surface area contributed by atoms with E-state index in [1.165, 1.54) is 11.8 Å². The summed E-state index contributed by atoms with van der Waals surface area (Å²) in [6.07, 6.45) is 0.457. The molecule has 1 heterocycles. The lowest BCUT2D eigenvalue weighted by Gasteiger charge is -2.20. The van der Waals surface area contributed by atoms with Gasteiger partial charge in [0.1, 0.15) is 5.54 Å². The Labute approximate surface area is 133 Å². The third-order valence-electron chi connectivity index (χ3n) is 3.62. The molecule has 7 heteroatoms. The molecule has 1 fully saturated rings. The van der Waals surface area contributed by atoms with Crippen LogP contribution in [0.5, 0.6) is 0 Å². The van der Waals surface area contributed by atoms with Crippen LogP contribution in [0.15, 0.2) is 35.2 Å². The summed E-state index contributed by atoms with van der Waals surface area (Å²) in [7, 11) is 0. The van der Waals surface area contributed by atoms with Crippen LogP contribution >= 0.6 is 11.8 Å². The Bertz CT molecular complexity index is 593. The number of rotatable bonds is 5. The molecule has 22 heavy (non-hydrogen) atoms. The number of imide groups is 1. The second kappa shape index (κ2) is 6.39. The lowest BCUT2D eigenvalue weighted by molar-refractivity contribution is -0.138. The number of hydrogen-bond donors (Lipinski definition) is 2. The van der Waals surface area contributed by atoms with Gasteiger partial charge in [-0.1, -0.05) is 25.1 Å². The average Bonchev–Trinajstić information content (AvgIpc) is 2.72. The molecule has 118 valence electrons. The molecule has 0 aromatic heterocycles. The first-order valence-corrected chi connectivity index (χ1v) is 7.94. The third kappa shape index (κ3) is 3.24. The summed E-state index contributed by atoms with van der Waals surface area (Å²) in [6, 6.07) is 8.87. The first kappa shape index (κ1) is 16.4. The van der Waals surface area contributed by atoms with E-state index in [1.54, 1.807) is 20.8 Å². The van der Waals surface area contributed by atoms with Crippen LogP contribution in [0.4, 0.5) is 4.79 Å². The molecule has 1 aliphatic rings. The van der Waals surface area contributed by atoms with Crippen molar-refractivity contribution in [3.05, 3.63) is 30.3 Å². The van der Waals surface area contributed by atoms with Gasteiger partial charge in [0.2, 0.25) is 0 Å². The Morgan fingerprint density at radius 2 is 2.00 bits per heavy atom. The monoisotopic (exact) mass is 321 g/mol. The zero-order valence-electron chi connectivity index (χ0n) is 12.8. The van der Waals surface area contributed by atoms with E-state index < -0.39 is 28.6 Å². The highest BCUT2D eigenvalue weighted by atomic mass is 32.2. The number of carbonyl (C=O) groups excluding carboxylic acids is 3. The van der Waals surface area contributed by atoms with Gasteiger partial charge in [0.05, 0.1) is 5.25 Å². The van der Waals surface area contributed by atoms with Crippen molar-refractivity contribution < 1.29 is 14.4 Å². The van der Waals surface area contributed by atoms with Crippen molar-refractivity contribution in [3.8, 4) is 0 Å². The second-order valence-electron chi connectivity index (χ2n) is 5.31. The number of nitrogens with one attached hydrogen (secondary N) is 2. The van der Waals surface area contributed by atoms with Crippen LogP contribution in [-0.2, 0) is 9.59 Å². The predicted octanol–water partition coefficient (Wildman–Crippen LogP) is 1.92. The summed E-state index contributed by atoms with van der Waals surface area (Å²) >= 11 is 1.36. The van der Waals surface area contributed by atoms with Gasteiger partial charge in [-0.25, -0.2) is 4.79 Å². The van der Waals surface area contributed by atoms with E-state index in [0.717, 1.165) is 9.90 Å². The largest absolute Gasteiger partial charge is 0.344 e. The van der Waals surface area contributed by atoms with Gasteiger partial charge in [0, 0.05) is 4.90 Å². The van der Waals surface area contributed by atoms with Gasteiger partial charge < -0.3 is 5.32 Å². The van der Waals surface area contributed by atoms with Crippen molar-refractivity contribution in [1.29, 1.82) is 0 Å². The molecular formula is C15H19N3O3S. The SMILES string of the molecule is CC[C@@]1(C)NC(=O)N(NC(=O)[C@@H](C)Sc2ccccc2)C1=O. The van der Waals surface area contributed by atoms with Crippen molar-refractivity contribution in [3.63, 3.8) is 0 Å². The Balaban J connectivity index is 2.00. The molecule has 1 aromatic rings. The summed E-state index contributed by atoms with van der Waals surface area (Å²) < 4.78 is 0. The maximum Gasteiger partial charge on any atom is 0.344 e. The predicted molar refractivity (Wildman–Crippen MR) is 84.0 cm³/mol. The summed E-state index contributed by atoms with van der Waals surface area (Å²) in [6.45, 7) is 5.17. The quantitative estimate of drug-likeness (QED) is 0.641. The summed E-state index contributed by atoms with van der Waals surface area (Å²) in [5.74, 6) is -0.831. The van der Waals surface area contributed by atoms with Crippen LogP contribution < -0.4 is 10.7 Å². The number of thioether (sulfide) groups is 1. The van der Waals surface area contributed by atoms with Crippen molar-refractivity contribution in [2.24, 2.45) is 0 Å². The van der Waals surface area contributed by atoms with Gasteiger partial charge in [-0.3, -0.25) is 15.0 Å². The third-order valence-corrected chi connectivity index (χ3v) is 4.73. The molecule has 0 radical (unpaired) electrons. The molecule has 4 amide bonds. The van der Waals surface area contributed by atoms with Crippen LogP contribution in [0.3, 0.4) is 0 Å². The Hall–Kier alpha value is -2.02. The number of nitrogens with zero attached hydrogens (tertiary/aromatic N) is 1. The maximum atomic E-state index is 12.2. The number of hydrazine groups is 1. The molecule has 1 aromatic carbocycles. The minimum absolute atomic E-state index is 0.391. The second-order valence-corrected chi connectivity index (χ2v) is 6.72. The molecule has 0 bridgehead atoms. The molecule has 0 spiro atoms. The highest BCUT2D eigenvalue weighted by Gasteiger charge is 2.47. The van der Waals surface area contributed by atoms with Gasteiger partial charge in [-0.2, -0.15) is 5.01 Å². The fourth-order valence-electron chi connectivity index (χ4n) is 1.98. The summed E-state index contributed by atoms with van der Waals surface area (Å²) in [5.41, 5.74) is 1.44. The summed E-state index contributed by atoms with van der Waals surface area (Å²) in [5, 5.41) is 2.93. The highest BCUT2D eigenvalue weighted by Crippen LogP contribution is 2.24. The van der Waals surface area contributed by atoms with Crippen LogP contribution in [0.1, 0.15) is 27.2 Å². The number of hydrogen-bond acceptors (Lipinski definition) is 4. The molecule has 0 aliphatic carbocycles. The summed E-state index contributed by atoms with van der Waals surface area (Å²) in [4.78, 5) is 37.2. The standard InChI is InChI=1S/C15H19N3O3S/c1-4-15(3)13(20)18(14(21)16-15)17-12(19)10(2)22-11-8-6-5-7-9-11/h5-10H,4H2,1-3H3,(H,16,21)(H,17,19)/t10-,15-/m1/s1. The first-order valence-electron chi connectivity index (χ1n) is 7.06. The molecule has 6 nitrogen and oxygen atoms in total. The molecule has 0 unspecified atom stereocenters. The zero-order chi connectivity index (χ0) is 16.3. The Kier molecular flexibility index (Phi) is 4.75. The number of urea groups is 1. The van der Waals surface area contributed by atoms with Gasteiger partial charge in [0.15, 0.2) is 0 Å². The minimum Gasteiger partial charge on any atom is -0.322 e. The molecule has 1 saturated heterocycles. The van der Waals surface area contributed by atoms with Gasteiger partial charge >= 0.3 is 6.03 Å². The van der Waals surface area contributed by atoms with E-state index in [9.17, 15) is 14.4 Å². The topological polar surface area (TPSA) is 78.5 Å². The van der Waals surface area contributed by atoms with E-state index in [2.05, 4.69) is 10.7 Å². The van der Waals surface area contributed by atoms with Crippen LogP contribution in [0.25, 0.3) is 0 Å². The van der Waals surface area contributed by atoms with Crippen molar-refractivity contribution >= 4 is 29.6 Å². The molecule has 0 saturated carbocycles. The Morgan fingerprint density at radius 1 is 1.36 bits per heavy atom. The minimum atomic E-state index is -0.958. The smallest absolute Gasteiger partial charge is 0.322 e. The van der Waals surface area contributed by atoms with Crippen LogP contribution in [-0.4, -0.2) is 33.6 Å². The first-order chi connectivity index (χ1) is 10.4. The van der Waals surface area contributed by atoms with E-state index in [-0.39, 0.29) is 0 Å². The molecule has 2 rings (SSSR count).